The lowest BCUT2D eigenvalue weighted by Gasteiger charge is -2.21. The van der Waals surface area contributed by atoms with E-state index < -0.39 is 10.0 Å². The molecule has 0 radical (unpaired) electrons. The average Bonchev–Trinajstić information content (AvgIpc) is 2.70. The Morgan fingerprint density at radius 3 is 2.53 bits per heavy atom. The first kappa shape index (κ1) is 12.4. The van der Waals surface area contributed by atoms with Gasteiger partial charge in [0.15, 0.2) is 10.8 Å². The molecule has 0 aliphatic carbocycles. The molecule has 2 N–H and O–H groups in total. The third-order valence-corrected chi connectivity index (χ3v) is 5.30. The van der Waals surface area contributed by atoms with Crippen molar-refractivity contribution in [1.82, 2.24) is 13.9 Å². The fourth-order valence-corrected chi connectivity index (χ4v) is 4.42. The van der Waals surface area contributed by atoms with E-state index >= 15 is 0 Å². The molecule has 96 valence electrons. The van der Waals surface area contributed by atoms with E-state index in [0.29, 0.717) is 12.5 Å². The van der Waals surface area contributed by atoms with E-state index in [1.165, 1.54) is 15.2 Å². The van der Waals surface area contributed by atoms with Gasteiger partial charge in [0.2, 0.25) is 0 Å². The van der Waals surface area contributed by atoms with Crippen molar-refractivity contribution in [2.24, 2.45) is 13.0 Å². The lowest BCUT2D eigenvalue weighted by Crippen LogP contribution is -2.35. The Labute approximate surface area is 101 Å². The molecular weight excluding hydrogens is 240 g/mol. The molecule has 0 aromatic carbocycles. The van der Waals surface area contributed by atoms with E-state index in [-0.39, 0.29) is 16.9 Å². The Hall–Kier alpha value is -1.08. The van der Waals surface area contributed by atoms with Gasteiger partial charge in [0.1, 0.15) is 0 Å². The molecule has 17 heavy (non-hydrogen) atoms. The van der Waals surface area contributed by atoms with Crippen LogP contribution in [0.5, 0.6) is 0 Å². The molecule has 2 rings (SSSR count). The van der Waals surface area contributed by atoms with Gasteiger partial charge in [0.05, 0.1) is 6.33 Å². The molecule has 1 aliphatic rings. The predicted octanol–water partition coefficient (Wildman–Crippen LogP) is 0.421. The molecule has 2 unspecified atom stereocenters. The molecule has 0 spiro atoms. The smallest absolute Gasteiger partial charge is 0.262 e. The van der Waals surface area contributed by atoms with E-state index in [1.54, 1.807) is 7.05 Å². The minimum atomic E-state index is -3.53. The molecule has 1 aliphatic heterocycles. The molecule has 0 amide bonds. The first-order valence-electron chi connectivity index (χ1n) is 5.62. The summed E-state index contributed by atoms with van der Waals surface area (Å²) in [7, 11) is -1.89. The van der Waals surface area contributed by atoms with Crippen LogP contribution >= 0.6 is 0 Å². The molecule has 6 nitrogen and oxygen atoms in total. The number of nitrogen functional groups attached to an aromatic ring is 1. The topological polar surface area (TPSA) is 81.2 Å². The van der Waals surface area contributed by atoms with Gasteiger partial charge in [0, 0.05) is 19.6 Å². The Bertz CT molecular complexity index is 503. The minimum Gasteiger partial charge on any atom is -0.381 e. The van der Waals surface area contributed by atoms with Gasteiger partial charge in [-0.15, -0.1) is 0 Å². The van der Waals surface area contributed by atoms with Gasteiger partial charge in [0.25, 0.3) is 10.0 Å². The maximum atomic E-state index is 12.5. The van der Waals surface area contributed by atoms with Gasteiger partial charge in [-0.1, -0.05) is 6.92 Å². The van der Waals surface area contributed by atoms with Crippen molar-refractivity contribution >= 4 is 15.8 Å². The summed E-state index contributed by atoms with van der Waals surface area (Å²) in [5, 5.41) is 0.0958. The second-order valence-electron chi connectivity index (χ2n) is 4.81. The van der Waals surface area contributed by atoms with E-state index in [9.17, 15) is 8.42 Å². The Kier molecular flexibility index (Phi) is 2.90. The van der Waals surface area contributed by atoms with Crippen molar-refractivity contribution < 1.29 is 8.42 Å². The Morgan fingerprint density at radius 2 is 2.12 bits per heavy atom. The molecule has 2 heterocycles. The predicted molar refractivity (Wildman–Crippen MR) is 64.8 cm³/mol. The fraction of sp³-hybridized carbons (Fsp3) is 0.700. The normalized spacial score (nSPS) is 26.5. The first-order valence-corrected chi connectivity index (χ1v) is 7.06. The van der Waals surface area contributed by atoms with Gasteiger partial charge in [-0.2, -0.15) is 4.31 Å². The van der Waals surface area contributed by atoms with Crippen LogP contribution in [-0.2, 0) is 17.1 Å². The Morgan fingerprint density at radius 1 is 1.47 bits per heavy atom. The van der Waals surface area contributed by atoms with Crippen LogP contribution in [0, 0.1) is 5.92 Å². The van der Waals surface area contributed by atoms with E-state index in [4.69, 9.17) is 5.73 Å². The lowest BCUT2D eigenvalue weighted by molar-refractivity contribution is 0.402. The Balaban J connectivity index is 2.44. The number of hydrogen-bond acceptors (Lipinski definition) is 4. The summed E-state index contributed by atoms with van der Waals surface area (Å²) in [6.45, 7) is 4.53. The quantitative estimate of drug-likeness (QED) is 0.833. The summed E-state index contributed by atoms with van der Waals surface area (Å²) in [6, 6.07) is 0.0179. The van der Waals surface area contributed by atoms with Crippen molar-refractivity contribution in [3.05, 3.63) is 6.33 Å². The van der Waals surface area contributed by atoms with Gasteiger partial charge >= 0.3 is 0 Å². The molecule has 0 bridgehead atoms. The van der Waals surface area contributed by atoms with E-state index in [1.807, 2.05) is 6.92 Å². The van der Waals surface area contributed by atoms with E-state index in [2.05, 4.69) is 11.9 Å². The second-order valence-corrected chi connectivity index (χ2v) is 6.62. The highest BCUT2D eigenvalue weighted by atomic mass is 32.2. The van der Waals surface area contributed by atoms with Gasteiger partial charge in [-0.25, -0.2) is 13.4 Å². The second kappa shape index (κ2) is 3.99. The molecule has 1 aromatic rings. The fourth-order valence-electron chi connectivity index (χ4n) is 2.46. The first-order chi connectivity index (χ1) is 7.84. The summed E-state index contributed by atoms with van der Waals surface area (Å²) in [6.07, 6.45) is 2.31. The zero-order valence-electron chi connectivity index (χ0n) is 10.3. The summed E-state index contributed by atoms with van der Waals surface area (Å²) in [5.74, 6) is 0.452. The number of rotatable bonds is 2. The molecule has 7 heteroatoms. The van der Waals surface area contributed by atoms with Crippen LogP contribution in [0.2, 0.25) is 0 Å². The van der Waals surface area contributed by atoms with Crippen LogP contribution in [-0.4, -0.2) is 34.9 Å². The number of anilines is 1. The summed E-state index contributed by atoms with van der Waals surface area (Å²) < 4.78 is 27.9. The largest absolute Gasteiger partial charge is 0.381 e. The van der Waals surface area contributed by atoms with Gasteiger partial charge in [-0.3, -0.25) is 0 Å². The maximum Gasteiger partial charge on any atom is 0.262 e. The lowest BCUT2D eigenvalue weighted by atomic mass is 10.1. The van der Waals surface area contributed by atoms with Crippen LogP contribution < -0.4 is 5.73 Å². The number of hydrogen-bond donors (Lipinski definition) is 1. The standard InChI is InChI=1S/C10H18N4O2S/c1-7-4-8(2)14(5-7)17(15,16)10-9(11)12-6-13(10)3/h6-8H,4-5,11H2,1-3H3. The SMILES string of the molecule is CC1CC(C)N(S(=O)(=O)c2c(N)ncn2C)C1. The van der Waals surface area contributed by atoms with Crippen molar-refractivity contribution in [2.45, 2.75) is 31.3 Å². The van der Waals surface area contributed by atoms with Crippen molar-refractivity contribution in [3.8, 4) is 0 Å². The van der Waals surface area contributed by atoms with Crippen LogP contribution in [0.1, 0.15) is 20.3 Å². The minimum absolute atomic E-state index is 0.0179. The molecule has 1 saturated heterocycles. The van der Waals surface area contributed by atoms with Crippen molar-refractivity contribution in [2.75, 3.05) is 12.3 Å². The summed E-state index contributed by atoms with van der Waals surface area (Å²) in [4.78, 5) is 3.83. The molecule has 1 fully saturated rings. The monoisotopic (exact) mass is 258 g/mol. The zero-order chi connectivity index (χ0) is 12.8. The molecular formula is C10H18N4O2S. The van der Waals surface area contributed by atoms with Crippen molar-refractivity contribution in [3.63, 3.8) is 0 Å². The number of nitrogens with two attached hydrogens (primary N) is 1. The summed E-state index contributed by atoms with van der Waals surface area (Å²) in [5.41, 5.74) is 5.64. The number of sulfonamides is 1. The number of aromatic nitrogens is 2. The third-order valence-electron chi connectivity index (χ3n) is 3.19. The summed E-state index contributed by atoms with van der Waals surface area (Å²) >= 11 is 0. The number of imidazole rings is 1. The molecule has 0 saturated carbocycles. The van der Waals surface area contributed by atoms with Crippen molar-refractivity contribution in [1.29, 1.82) is 0 Å². The van der Waals surface area contributed by atoms with Crippen LogP contribution in [0.4, 0.5) is 5.82 Å². The molecule has 1 aromatic heterocycles. The highest BCUT2D eigenvalue weighted by Crippen LogP contribution is 2.30. The van der Waals surface area contributed by atoms with E-state index in [0.717, 1.165) is 6.42 Å². The average molecular weight is 258 g/mol. The highest BCUT2D eigenvalue weighted by molar-refractivity contribution is 7.89. The zero-order valence-corrected chi connectivity index (χ0v) is 11.1. The number of aryl methyl sites for hydroxylation is 1. The van der Waals surface area contributed by atoms with Gasteiger partial charge < -0.3 is 10.3 Å². The van der Waals surface area contributed by atoms with Crippen LogP contribution in [0.3, 0.4) is 0 Å². The third kappa shape index (κ3) is 1.93. The molecule has 2 atom stereocenters. The highest BCUT2D eigenvalue weighted by Gasteiger charge is 2.38. The van der Waals surface area contributed by atoms with Crippen LogP contribution in [0.15, 0.2) is 11.4 Å². The maximum absolute atomic E-state index is 12.5. The van der Waals surface area contributed by atoms with Crippen LogP contribution in [0.25, 0.3) is 0 Å². The number of nitrogens with zero attached hydrogens (tertiary/aromatic N) is 3. The van der Waals surface area contributed by atoms with Gasteiger partial charge in [-0.05, 0) is 19.3 Å².